The van der Waals surface area contributed by atoms with Crippen LogP contribution in [0.4, 0.5) is 0 Å². The Labute approximate surface area is 102 Å². The van der Waals surface area contributed by atoms with E-state index in [1.807, 2.05) is 0 Å². The van der Waals surface area contributed by atoms with Gasteiger partial charge in [0.15, 0.2) is 0 Å². The summed E-state index contributed by atoms with van der Waals surface area (Å²) in [6.07, 6.45) is 5.36. The lowest BCUT2D eigenvalue weighted by molar-refractivity contribution is 0.105. The first kappa shape index (κ1) is 14.0. The number of rotatable bonds is 6. The molecule has 0 aromatic heterocycles. The average molecular weight is 226 g/mol. The minimum atomic E-state index is 0.495. The van der Waals surface area contributed by atoms with Crippen molar-refractivity contribution in [3.63, 3.8) is 0 Å². The Balaban J connectivity index is 2.47. The van der Waals surface area contributed by atoms with E-state index in [-0.39, 0.29) is 0 Å². The van der Waals surface area contributed by atoms with Crippen LogP contribution in [0, 0.1) is 11.3 Å². The Hall–Kier alpha value is -0.0800. The molecule has 1 aliphatic rings. The van der Waals surface area contributed by atoms with Crippen molar-refractivity contribution in [2.75, 3.05) is 33.2 Å². The molecule has 0 spiro atoms. The first-order valence-corrected chi connectivity index (χ1v) is 7.02. The zero-order valence-corrected chi connectivity index (χ0v) is 11.7. The average Bonchev–Trinajstić information content (AvgIpc) is 2.31. The fourth-order valence-electron chi connectivity index (χ4n) is 2.85. The quantitative estimate of drug-likeness (QED) is 0.749. The zero-order chi connectivity index (χ0) is 12.0. The van der Waals surface area contributed by atoms with Crippen LogP contribution in [0.5, 0.6) is 0 Å². The highest BCUT2D eigenvalue weighted by molar-refractivity contribution is 4.84. The van der Waals surface area contributed by atoms with E-state index in [1.54, 1.807) is 0 Å². The summed E-state index contributed by atoms with van der Waals surface area (Å²) in [5.41, 5.74) is 0.495. The molecule has 1 aliphatic heterocycles. The molecule has 0 bridgehead atoms. The standard InChI is InChI=1S/C14H30N2/c1-5-14(6-2,11-15-4)12-16-9-7-13(3)8-10-16/h13,15H,5-12H2,1-4H3. The van der Waals surface area contributed by atoms with Gasteiger partial charge in [0.2, 0.25) is 0 Å². The van der Waals surface area contributed by atoms with E-state index in [1.165, 1.54) is 45.3 Å². The molecule has 0 unspecified atom stereocenters. The second-order valence-corrected chi connectivity index (χ2v) is 5.70. The lowest BCUT2D eigenvalue weighted by atomic mass is 9.81. The fraction of sp³-hybridized carbons (Fsp3) is 1.00. The summed E-state index contributed by atoms with van der Waals surface area (Å²) in [5, 5.41) is 3.38. The molecule has 2 nitrogen and oxygen atoms in total. The summed E-state index contributed by atoms with van der Waals surface area (Å²) in [4.78, 5) is 2.68. The largest absolute Gasteiger partial charge is 0.319 e. The summed E-state index contributed by atoms with van der Waals surface area (Å²) in [5.74, 6) is 0.943. The van der Waals surface area contributed by atoms with Gasteiger partial charge in [-0.15, -0.1) is 0 Å². The second-order valence-electron chi connectivity index (χ2n) is 5.70. The van der Waals surface area contributed by atoms with Crippen molar-refractivity contribution in [1.82, 2.24) is 10.2 Å². The molecule has 1 rings (SSSR count). The maximum Gasteiger partial charge on any atom is 0.00499 e. The van der Waals surface area contributed by atoms with E-state index in [0.717, 1.165) is 12.5 Å². The molecule has 0 aromatic carbocycles. The van der Waals surface area contributed by atoms with Crippen LogP contribution in [0.1, 0.15) is 46.5 Å². The third-order valence-corrected chi connectivity index (χ3v) is 4.49. The summed E-state index contributed by atoms with van der Waals surface area (Å²) < 4.78 is 0. The molecule has 0 radical (unpaired) electrons. The Bertz CT molecular complexity index is 179. The molecule has 1 fully saturated rings. The highest BCUT2D eigenvalue weighted by atomic mass is 15.1. The molecule has 0 aliphatic carbocycles. The van der Waals surface area contributed by atoms with E-state index in [4.69, 9.17) is 0 Å². The van der Waals surface area contributed by atoms with E-state index in [2.05, 4.69) is 38.0 Å². The highest BCUT2D eigenvalue weighted by Crippen LogP contribution is 2.28. The SMILES string of the molecule is CCC(CC)(CNC)CN1CCC(C)CC1. The highest BCUT2D eigenvalue weighted by Gasteiger charge is 2.29. The molecular formula is C14H30N2. The van der Waals surface area contributed by atoms with Crippen molar-refractivity contribution in [2.45, 2.75) is 46.5 Å². The molecule has 0 amide bonds. The second kappa shape index (κ2) is 6.61. The van der Waals surface area contributed by atoms with Crippen LogP contribution in [-0.4, -0.2) is 38.1 Å². The van der Waals surface area contributed by atoms with Crippen molar-refractivity contribution < 1.29 is 0 Å². The van der Waals surface area contributed by atoms with Gasteiger partial charge >= 0.3 is 0 Å². The third kappa shape index (κ3) is 3.74. The number of nitrogens with zero attached hydrogens (tertiary/aromatic N) is 1. The molecule has 2 heteroatoms. The Kier molecular flexibility index (Phi) is 5.77. The molecule has 1 heterocycles. The lowest BCUT2D eigenvalue weighted by Gasteiger charge is -2.40. The first-order chi connectivity index (χ1) is 7.65. The van der Waals surface area contributed by atoms with Crippen molar-refractivity contribution in [1.29, 1.82) is 0 Å². The van der Waals surface area contributed by atoms with Crippen molar-refractivity contribution in [2.24, 2.45) is 11.3 Å². The number of likely N-dealkylation sites (tertiary alicyclic amines) is 1. The van der Waals surface area contributed by atoms with Gasteiger partial charge in [-0.05, 0) is 57.2 Å². The van der Waals surface area contributed by atoms with Gasteiger partial charge in [0.25, 0.3) is 0 Å². The maximum atomic E-state index is 3.38. The summed E-state index contributed by atoms with van der Waals surface area (Å²) in [6.45, 7) is 12.1. The van der Waals surface area contributed by atoms with Crippen LogP contribution in [-0.2, 0) is 0 Å². The van der Waals surface area contributed by atoms with Gasteiger partial charge in [-0.2, -0.15) is 0 Å². The molecule has 1 N–H and O–H groups in total. The Morgan fingerprint density at radius 3 is 2.19 bits per heavy atom. The van der Waals surface area contributed by atoms with Crippen LogP contribution < -0.4 is 5.32 Å². The van der Waals surface area contributed by atoms with Gasteiger partial charge in [-0.25, -0.2) is 0 Å². The molecule has 0 saturated carbocycles. The third-order valence-electron chi connectivity index (χ3n) is 4.49. The minimum absolute atomic E-state index is 0.495. The summed E-state index contributed by atoms with van der Waals surface area (Å²) in [6, 6.07) is 0. The number of piperidine rings is 1. The molecule has 16 heavy (non-hydrogen) atoms. The van der Waals surface area contributed by atoms with E-state index in [0.29, 0.717) is 5.41 Å². The van der Waals surface area contributed by atoms with Crippen LogP contribution in [0.15, 0.2) is 0 Å². The van der Waals surface area contributed by atoms with Crippen LogP contribution >= 0.6 is 0 Å². The van der Waals surface area contributed by atoms with Gasteiger partial charge in [0.05, 0.1) is 0 Å². The predicted octanol–water partition coefficient (Wildman–Crippen LogP) is 2.74. The van der Waals surface area contributed by atoms with E-state index < -0.39 is 0 Å². The number of nitrogens with one attached hydrogen (secondary N) is 1. The summed E-state index contributed by atoms with van der Waals surface area (Å²) in [7, 11) is 2.08. The molecule has 96 valence electrons. The van der Waals surface area contributed by atoms with E-state index >= 15 is 0 Å². The number of hydrogen-bond acceptors (Lipinski definition) is 2. The van der Waals surface area contributed by atoms with Crippen molar-refractivity contribution >= 4 is 0 Å². The Morgan fingerprint density at radius 2 is 1.75 bits per heavy atom. The molecule has 1 saturated heterocycles. The van der Waals surface area contributed by atoms with Crippen molar-refractivity contribution in [3.05, 3.63) is 0 Å². The lowest BCUT2D eigenvalue weighted by Crippen LogP contribution is -2.45. The van der Waals surface area contributed by atoms with Gasteiger partial charge < -0.3 is 10.2 Å². The zero-order valence-electron chi connectivity index (χ0n) is 11.7. The van der Waals surface area contributed by atoms with E-state index in [9.17, 15) is 0 Å². The normalized spacial score (nSPS) is 20.2. The van der Waals surface area contributed by atoms with Gasteiger partial charge in [0, 0.05) is 13.1 Å². The number of hydrogen-bond donors (Lipinski definition) is 1. The van der Waals surface area contributed by atoms with Crippen LogP contribution in [0.25, 0.3) is 0 Å². The smallest absolute Gasteiger partial charge is 0.00499 e. The molecular weight excluding hydrogens is 196 g/mol. The van der Waals surface area contributed by atoms with Crippen LogP contribution in [0.3, 0.4) is 0 Å². The monoisotopic (exact) mass is 226 g/mol. The van der Waals surface area contributed by atoms with Gasteiger partial charge in [-0.1, -0.05) is 20.8 Å². The first-order valence-electron chi connectivity index (χ1n) is 7.02. The topological polar surface area (TPSA) is 15.3 Å². The van der Waals surface area contributed by atoms with Crippen LogP contribution in [0.2, 0.25) is 0 Å². The fourth-order valence-corrected chi connectivity index (χ4v) is 2.85. The predicted molar refractivity (Wildman–Crippen MR) is 71.8 cm³/mol. The molecule has 0 atom stereocenters. The molecule has 0 aromatic rings. The maximum absolute atomic E-state index is 3.38. The minimum Gasteiger partial charge on any atom is -0.319 e. The van der Waals surface area contributed by atoms with Crippen molar-refractivity contribution in [3.8, 4) is 0 Å². The van der Waals surface area contributed by atoms with Gasteiger partial charge in [-0.3, -0.25) is 0 Å². The summed E-state index contributed by atoms with van der Waals surface area (Å²) >= 11 is 0. The van der Waals surface area contributed by atoms with Gasteiger partial charge in [0.1, 0.15) is 0 Å². The Morgan fingerprint density at radius 1 is 1.19 bits per heavy atom.